The molecular weight excluding hydrogens is 318 g/mol. The van der Waals surface area contributed by atoms with E-state index >= 15 is 0 Å². The normalized spacial score (nSPS) is 21.0. The Morgan fingerprint density at radius 2 is 1.83 bits per heavy atom. The van der Waals surface area contributed by atoms with Gasteiger partial charge >= 0.3 is 0 Å². The summed E-state index contributed by atoms with van der Waals surface area (Å²) in [7, 11) is 1.90. The molecule has 3 heterocycles. The molecule has 134 valence electrons. The highest BCUT2D eigenvalue weighted by Gasteiger charge is 2.20. The van der Waals surface area contributed by atoms with Crippen LogP contribution in [0.5, 0.6) is 0 Å². The van der Waals surface area contributed by atoms with Gasteiger partial charge in [0.25, 0.3) is 0 Å². The number of rotatable bonds is 4. The Labute approximate surface area is 150 Å². The predicted molar refractivity (Wildman–Crippen MR) is 104 cm³/mol. The van der Waals surface area contributed by atoms with Crippen molar-refractivity contribution in [3.63, 3.8) is 0 Å². The number of hydrogen-bond donors (Lipinski definition) is 1. The molecule has 0 bridgehead atoms. The Morgan fingerprint density at radius 1 is 1.08 bits per heavy atom. The first-order valence-electron chi connectivity index (χ1n) is 9.33. The van der Waals surface area contributed by atoms with Crippen molar-refractivity contribution in [2.45, 2.75) is 25.7 Å². The summed E-state index contributed by atoms with van der Waals surface area (Å²) in [6.07, 6.45) is 5.53. The van der Waals surface area contributed by atoms with E-state index in [2.05, 4.69) is 42.5 Å². The maximum Gasteiger partial charge on any atom is 0.193 e. The van der Waals surface area contributed by atoms with Crippen molar-refractivity contribution in [2.75, 3.05) is 64.3 Å². The number of likely N-dealkylation sites (tertiary alicyclic amines) is 1. The van der Waals surface area contributed by atoms with Crippen molar-refractivity contribution >= 4 is 22.3 Å². The Hall–Kier alpha value is -1.27. The summed E-state index contributed by atoms with van der Waals surface area (Å²) >= 11 is 1.83. The first kappa shape index (κ1) is 17.5. The molecule has 24 heavy (non-hydrogen) atoms. The fourth-order valence-corrected chi connectivity index (χ4v) is 4.39. The van der Waals surface area contributed by atoms with Crippen LogP contribution in [0.25, 0.3) is 0 Å². The quantitative estimate of drug-likeness (QED) is 0.668. The third kappa shape index (κ3) is 4.86. The highest BCUT2D eigenvalue weighted by molar-refractivity contribution is 7.14. The fraction of sp³-hybridized carbons (Fsp3) is 0.722. The summed E-state index contributed by atoms with van der Waals surface area (Å²) in [5.74, 6) is 1.07. The van der Waals surface area contributed by atoms with Crippen LogP contribution in [0.2, 0.25) is 0 Å². The van der Waals surface area contributed by atoms with Crippen LogP contribution in [0, 0.1) is 0 Å². The first-order chi connectivity index (χ1) is 11.9. The molecule has 0 aliphatic carbocycles. The van der Waals surface area contributed by atoms with Gasteiger partial charge in [-0.2, -0.15) is 0 Å². The van der Waals surface area contributed by atoms with E-state index < -0.39 is 0 Å². The second kappa shape index (κ2) is 9.28. The van der Waals surface area contributed by atoms with Crippen LogP contribution >= 0.6 is 11.3 Å². The molecule has 3 rings (SSSR count). The molecule has 1 N–H and O–H groups in total. The summed E-state index contributed by atoms with van der Waals surface area (Å²) in [5.41, 5.74) is 0. The topological polar surface area (TPSA) is 34.1 Å². The number of thiophene rings is 1. The largest absolute Gasteiger partial charge is 0.360 e. The van der Waals surface area contributed by atoms with Crippen LogP contribution in [0.3, 0.4) is 0 Å². The van der Waals surface area contributed by atoms with Gasteiger partial charge in [-0.25, -0.2) is 0 Å². The van der Waals surface area contributed by atoms with Gasteiger partial charge in [-0.15, -0.1) is 11.3 Å². The second-order valence-corrected chi connectivity index (χ2v) is 7.58. The number of hydrogen-bond acceptors (Lipinski definition) is 4. The molecule has 0 radical (unpaired) electrons. The molecule has 1 aromatic rings. The van der Waals surface area contributed by atoms with Gasteiger partial charge in [0.1, 0.15) is 0 Å². The molecule has 0 amide bonds. The van der Waals surface area contributed by atoms with Crippen LogP contribution in [0.15, 0.2) is 22.5 Å². The maximum absolute atomic E-state index is 4.50. The van der Waals surface area contributed by atoms with Gasteiger partial charge < -0.3 is 20.0 Å². The third-order valence-corrected chi connectivity index (χ3v) is 5.95. The molecule has 0 aromatic carbocycles. The third-order valence-electron chi connectivity index (χ3n) is 5.02. The molecule has 0 unspecified atom stereocenters. The van der Waals surface area contributed by atoms with E-state index in [0.29, 0.717) is 0 Å². The molecule has 2 aliphatic rings. The lowest BCUT2D eigenvalue weighted by atomic mass is 10.2. The number of anilines is 1. The molecule has 0 spiro atoms. The number of piperazine rings is 1. The highest BCUT2D eigenvalue weighted by Crippen LogP contribution is 2.22. The van der Waals surface area contributed by atoms with E-state index in [1.807, 2.05) is 18.4 Å². The van der Waals surface area contributed by atoms with Crippen LogP contribution in [0.1, 0.15) is 25.7 Å². The van der Waals surface area contributed by atoms with Gasteiger partial charge in [-0.05, 0) is 43.4 Å². The Balaban J connectivity index is 1.40. The minimum absolute atomic E-state index is 0.998. The molecular formula is C18H31N5S. The molecule has 1 aromatic heterocycles. The number of aliphatic imine (C=N–C) groups is 1. The molecule has 2 fully saturated rings. The smallest absolute Gasteiger partial charge is 0.193 e. The molecule has 2 saturated heterocycles. The number of guanidine groups is 1. The fourth-order valence-electron chi connectivity index (χ4n) is 3.61. The average molecular weight is 350 g/mol. The van der Waals surface area contributed by atoms with E-state index in [-0.39, 0.29) is 0 Å². The van der Waals surface area contributed by atoms with Crippen molar-refractivity contribution in [3.05, 3.63) is 17.5 Å². The minimum Gasteiger partial charge on any atom is -0.360 e. The lowest BCUT2D eigenvalue weighted by Crippen LogP contribution is -2.53. The Kier molecular flexibility index (Phi) is 6.78. The van der Waals surface area contributed by atoms with E-state index in [4.69, 9.17) is 0 Å². The predicted octanol–water partition coefficient (Wildman–Crippen LogP) is 2.32. The van der Waals surface area contributed by atoms with Crippen molar-refractivity contribution < 1.29 is 0 Å². The Bertz CT molecular complexity index is 486. The van der Waals surface area contributed by atoms with Crippen LogP contribution in [-0.2, 0) is 0 Å². The monoisotopic (exact) mass is 349 g/mol. The summed E-state index contributed by atoms with van der Waals surface area (Å²) in [5, 5.41) is 7.12. The zero-order chi connectivity index (χ0) is 16.6. The van der Waals surface area contributed by atoms with Crippen LogP contribution < -0.4 is 10.2 Å². The minimum atomic E-state index is 0.998. The van der Waals surface area contributed by atoms with Crippen molar-refractivity contribution in [1.82, 2.24) is 15.1 Å². The number of nitrogens with zero attached hydrogens (tertiary/aromatic N) is 4. The SMILES string of the molecule is CN=C(NCCN1CCCCCC1)N1CCN(c2cccs2)CC1. The molecule has 0 atom stereocenters. The standard InChI is InChI=1S/C18H31N5S/c1-19-18(20-8-11-21-9-4-2-3-5-10-21)23-14-12-22(13-15-23)17-7-6-16-24-17/h6-7,16H,2-5,8-15H2,1H3,(H,19,20). The van der Waals surface area contributed by atoms with Gasteiger partial charge in [0.2, 0.25) is 0 Å². The van der Waals surface area contributed by atoms with Crippen LogP contribution in [0.4, 0.5) is 5.00 Å². The van der Waals surface area contributed by atoms with E-state index in [1.165, 1.54) is 43.8 Å². The molecule has 6 heteroatoms. The van der Waals surface area contributed by atoms with Gasteiger partial charge in [0.15, 0.2) is 5.96 Å². The average Bonchev–Trinajstić information content (AvgIpc) is 3.04. The Morgan fingerprint density at radius 3 is 2.46 bits per heavy atom. The number of nitrogens with one attached hydrogen (secondary N) is 1. The van der Waals surface area contributed by atoms with E-state index in [9.17, 15) is 0 Å². The lowest BCUT2D eigenvalue weighted by molar-refractivity contribution is 0.286. The van der Waals surface area contributed by atoms with Crippen LogP contribution in [-0.4, -0.2) is 75.2 Å². The van der Waals surface area contributed by atoms with Gasteiger partial charge in [-0.3, -0.25) is 4.99 Å². The summed E-state index contributed by atoms with van der Waals surface area (Å²) in [6, 6.07) is 4.35. The first-order valence-corrected chi connectivity index (χ1v) is 10.2. The van der Waals surface area contributed by atoms with Crippen molar-refractivity contribution in [1.29, 1.82) is 0 Å². The second-order valence-electron chi connectivity index (χ2n) is 6.66. The van der Waals surface area contributed by atoms with Gasteiger partial charge in [0, 0.05) is 46.3 Å². The van der Waals surface area contributed by atoms with Gasteiger partial charge in [-0.1, -0.05) is 12.8 Å². The summed E-state index contributed by atoms with van der Waals surface area (Å²) in [4.78, 5) is 12.0. The molecule has 5 nitrogen and oxygen atoms in total. The van der Waals surface area contributed by atoms with Crippen molar-refractivity contribution in [3.8, 4) is 0 Å². The van der Waals surface area contributed by atoms with Gasteiger partial charge in [0.05, 0.1) is 5.00 Å². The lowest BCUT2D eigenvalue weighted by Gasteiger charge is -2.37. The highest BCUT2D eigenvalue weighted by atomic mass is 32.1. The summed E-state index contributed by atoms with van der Waals surface area (Å²) < 4.78 is 0. The molecule has 0 saturated carbocycles. The zero-order valence-corrected chi connectivity index (χ0v) is 15.7. The van der Waals surface area contributed by atoms with Crippen molar-refractivity contribution in [2.24, 2.45) is 4.99 Å². The zero-order valence-electron chi connectivity index (χ0n) is 14.9. The molecule has 2 aliphatic heterocycles. The maximum atomic E-state index is 4.50. The van der Waals surface area contributed by atoms with E-state index in [0.717, 1.165) is 45.2 Å². The van der Waals surface area contributed by atoms with E-state index in [1.54, 1.807) is 0 Å². The summed E-state index contributed by atoms with van der Waals surface area (Å²) in [6.45, 7) is 8.90.